The second-order valence-electron chi connectivity index (χ2n) is 7.81. The highest BCUT2D eigenvalue weighted by atomic mass is 35.5. The molecule has 29 heavy (non-hydrogen) atoms. The maximum Gasteiger partial charge on any atom is 0.223 e. The molecule has 5 nitrogen and oxygen atoms in total. The second kappa shape index (κ2) is 10.3. The molecular weight excluding hydrogens is 431 g/mol. The molecule has 3 rings (SSSR count). The van der Waals surface area contributed by atoms with Gasteiger partial charge in [-0.25, -0.2) is 12.7 Å². The first-order chi connectivity index (χ1) is 13.8. The lowest BCUT2D eigenvalue weighted by Crippen LogP contribution is -2.43. The highest BCUT2D eigenvalue weighted by molar-refractivity contribution is 7.88. The van der Waals surface area contributed by atoms with E-state index in [0.717, 1.165) is 19.3 Å². The number of rotatable bonds is 7. The lowest BCUT2D eigenvalue weighted by atomic mass is 9.96. The predicted octanol–water partition coefficient (Wildman–Crippen LogP) is 4.54. The molecular formula is C21H28Cl2N2O3S. The van der Waals surface area contributed by atoms with Crippen LogP contribution in [-0.4, -0.2) is 38.3 Å². The monoisotopic (exact) mass is 458 g/mol. The fraction of sp³-hybridized carbons (Fsp3) is 0.571. The van der Waals surface area contributed by atoms with Crippen LogP contribution in [0.5, 0.6) is 0 Å². The van der Waals surface area contributed by atoms with Gasteiger partial charge in [-0.3, -0.25) is 4.79 Å². The van der Waals surface area contributed by atoms with Crippen molar-refractivity contribution in [2.45, 2.75) is 50.7 Å². The Kier molecular flexibility index (Phi) is 8.02. The lowest BCUT2D eigenvalue weighted by molar-refractivity contribution is -0.126. The van der Waals surface area contributed by atoms with Gasteiger partial charge >= 0.3 is 0 Å². The first-order valence-corrected chi connectivity index (χ1v) is 12.6. The van der Waals surface area contributed by atoms with Crippen LogP contribution < -0.4 is 5.32 Å². The summed E-state index contributed by atoms with van der Waals surface area (Å²) in [6.45, 7) is 1.38. The minimum atomic E-state index is -3.49. The molecule has 1 N–H and O–H groups in total. The van der Waals surface area contributed by atoms with E-state index in [1.807, 2.05) is 0 Å². The smallest absolute Gasteiger partial charge is 0.223 e. The van der Waals surface area contributed by atoms with Gasteiger partial charge < -0.3 is 5.32 Å². The van der Waals surface area contributed by atoms with E-state index in [1.165, 1.54) is 22.7 Å². The molecule has 1 saturated heterocycles. The van der Waals surface area contributed by atoms with Gasteiger partial charge in [0, 0.05) is 35.6 Å². The van der Waals surface area contributed by atoms with Crippen molar-refractivity contribution in [3.63, 3.8) is 0 Å². The van der Waals surface area contributed by atoms with Crippen LogP contribution in [0.1, 0.15) is 50.5 Å². The summed E-state index contributed by atoms with van der Waals surface area (Å²) in [6.07, 6.45) is 9.10. The molecule has 0 radical (unpaired) electrons. The first-order valence-electron chi connectivity index (χ1n) is 10.2. The standard InChI is InChI=1S/C21H28Cl2N2O3S/c22-19-7-6-18(20(23)14-19)15-29(27,28)25-12-9-17(10-13-25)21(26)24-11-8-16-4-2-1-3-5-16/h4,6-7,14,17H,1-3,5,8-13,15H2,(H,24,26). The number of sulfonamides is 1. The summed E-state index contributed by atoms with van der Waals surface area (Å²) >= 11 is 12.0. The van der Waals surface area contributed by atoms with Gasteiger partial charge in [-0.2, -0.15) is 0 Å². The molecule has 0 bridgehead atoms. The number of hydrogen-bond donors (Lipinski definition) is 1. The Hall–Kier alpha value is -1.08. The summed E-state index contributed by atoms with van der Waals surface area (Å²) in [6, 6.07) is 4.83. The lowest BCUT2D eigenvalue weighted by Gasteiger charge is -2.30. The molecule has 0 unspecified atom stereocenters. The minimum absolute atomic E-state index is 0.0409. The molecule has 0 atom stereocenters. The Labute approximate surface area is 183 Å². The predicted molar refractivity (Wildman–Crippen MR) is 118 cm³/mol. The van der Waals surface area contributed by atoms with Crippen molar-refractivity contribution in [3.05, 3.63) is 45.5 Å². The van der Waals surface area contributed by atoms with Crippen molar-refractivity contribution >= 4 is 39.1 Å². The number of halogens is 2. The molecule has 0 spiro atoms. The molecule has 1 fully saturated rings. The fourth-order valence-corrected chi connectivity index (χ4v) is 6.09. The van der Waals surface area contributed by atoms with Crippen LogP contribution in [0.4, 0.5) is 0 Å². The van der Waals surface area contributed by atoms with Crippen molar-refractivity contribution in [1.29, 1.82) is 0 Å². The third kappa shape index (κ3) is 6.45. The van der Waals surface area contributed by atoms with Gasteiger partial charge in [-0.1, -0.05) is 40.9 Å². The Bertz CT molecular complexity index is 863. The topological polar surface area (TPSA) is 66.5 Å². The average Bonchev–Trinajstić information content (AvgIpc) is 2.71. The summed E-state index contributed by atoms with van der Waals surface area (Å²) in [5, 5.41) is 3.85. The molecule has 1 aliphatic heterocycles. The van der Waals surface area contributed by atoms with Crippen LogP contribution in [0.15, 0.2) is 29.8 Å². The number of carbonyl (C=O) groups excluding carboxylic acids is 1. The average molecular weight is 459 g/mol. The summed E-state index contributed by atoms with van der Waals surface area (Å²) in [4.78, 5) is 12.4. The maximum absolute atomic E-state index is 12.7. The summed E-state index contributed by atoms with van der Waals surface area (Å²) < 4.78 is 27.0. The molecule has 1 amide bonds. The van der Waals surface area contributed by atoms with Gasteiger partial charge in [0.05, 0.1) is 5.75 Å². The zero-order valence-corrected chi connectivity index (χ0v) is 18.8. The van der Waals surface area contributed by atoms with E-state index in [2.05, 4.69) is 11.4 Å². The van der Waals surface area contributed by atoms with Gasteiger partial charge in [0.15, 0.2) is 0 Å². The summed E-state index contributed by atoms with van der Waals surface area (Å²) in [5.74, 6) is -0.241. The second-order valence-corrected chi connectivity index (χ2v) is 10.6. The minimum Gasteiger partial charge on any atom is -0.356 e. The number of benzene rings is 1. The zero-order valence-electron chi connectivity index (χ0n) is 16.5. The van der Waals surface area contributed by atoms with E-state index in [1.54, 1.807) is 18.2 Å². The molecule has 1 aromatic rings. The van der Waals surface area contributed by atoms with Crippen molar-refractivity contribution in [2.75, 3.05) is 19.6 Å². The number of hydrogen-bond acceptors (Lipinski definition) is 3. The number of allylic oxidation sites excluding steroid dienone is 1. The van der Waals surface area contributed by atoms with Crippen LogP contribution in [0.2, 0.25) is 10.0 Å². The third-order valence-electron chi connectivity index (χ3n) is 5.70. The zero-order chi connectivity index (χ0) is 20.9. The van der Waals surface area contributed by atoms with Gasteiger partial charge in [-0.15, -0.1) is 0 Å². The first kappa shape index (κ1) is 22.6. The van der Waals surface area contributed by atoms with E-state index in [4.69, 9.17) is 23.2 Å². The van der Waals surface area contributed by atoms with E-state index < -0.39 is 10.0 Å². The van der Waals surface area contributed by atoms with Gasteiger partial charge in [-0.05, 0) is 62.6 Å². The van der Waals surface area contributed by atoms with E-state index in [-0.39, 0.29) is 17.6 Å². The normalized spacial score (nSPS) is 19.0. The van der Waals surface area contributed by atoms with Crippen LogP contribution in [-0.2, 0) is 20.6 Å². The van der Waals surface area contributed by atoms with E-state index in [9.17, 15) is 13.2 Å². The van der Waals surface area contributed by atoms with Crippen molar-refractivity contribution in [3.8, 4) is 0 Å². The van der Waals surface area contributed by atoms with E-state index >= 15 is 0 Å². The molecule has 2 aliphatic rings. The summed E-state index contributed by atoms with van der Waals surface area (Å²) in [7, 11) is -3.49. The van der Waals surface area contributed by atoms with Crippen LogP contribution in [0.3, 0.4) is 0 Å². The number of carbonyl (C=O) groups is 1. The number of nitrogens with one attached hydrogen (secondary N) is 1. The number of nitrogens with zero attached hydrogens (tertiary/aromatic N) is 1. The van der Waals surface area contributed by atoms with Crippen molar-refractivity contribution < 1.29 is 13.2 Å². The molecule has 160 valence electrons. The van der Waals surface area contributed by atoms with Gasteiger partial charge in [0.1, 0.15) is 0 Å². The summed E-state index contributed by atoms with van der Waals surface area (Å²) in [5.41, 5.74) is 1.98. The van der Waals surface area contributed by atoms with Crippen LogP contribution >= 0.6 is 23.2 Å². The van der Waals surface area contributed by atoms with Gasteiger partial charge in [0.25, 0.3) is 0 Å². The molecule has 0 saturated carbocycles. The fourth-order valence-electron chi connectivity index (χ4n) is 3.94. The quantitative estimate of drug-likeness (QED) is 0.609. The molecule has 1 aromatic carbocycles. The molecule has 1 aliphatic carbocycles. The Morgan fingerprint density at radius 2 is 1.93 bits per heavy atom. The van der Waals surface area contributed by atoms with Crippen LogP contribution in [0.25, 0.3) is 0 Å². The Balaban J connectivity index is 1.46. The van der Waals surface area contributed by atoms with Crippen molar-refractivity contribution in [2.24, 2.45) is 5.92 Å². The number of amides is 1. The highest BCUT2D eigenvalue weighted by Crippen LogP contribution is 2.26. The van der Waals surface area contributed by atoms with Crippen molar-refractivity contribution in [1.82, 2.24) is 9.62 Å². The SMILES string of the molecule is O=C(NCCC1=CCCCC1)C1CCN(S(=O)(=O)Cc2ccc(Cl)cc2Cl)CC1. The third-order valence-corrected chi connectivity index (χ3v) is 8.12. The van der Waals surface area contributed by atoms with E-state index in [0.29, 0.717) is 48.1 Å². The molecule has 8 heteroatoms. The Morgan fingerprint density at radius 3 is 2.59 bits per heavy atom. The highest BCUT2D eigenvalue weighted by Gasteiger charge is 2.31. The molecule has 1 heterocycles. The largest absolute Gasteiger partial charge is 0.356 e. The Morgan fingerprint density at radius 1 is 1.17 bits per heavy atom. The number of piperidine rings is 1. The molecule has 0 aromatic heterocycles. The maximum atomic E-state index is 12.7. The van der Waals surface area contributed by atoms with Gasteiger partial charge in [0.2, 0.25) is 15.9 Å². The van der Waals surface area contributed by atoms with Crippen LogP contribution in [0, 0.1) is 5.92 Å².